The fraction of sp³-hybridized carbons (Fsp3) is 0.571. The van der Waals surface area contributed by atoms with Gasteiger partial charge >= 0.3 is 0 Å². The average molecular weight is 298 g/mol. The highest BCUT2D eigenvalue weighted by Gasteiger charge is 2.34. The van der Waals surface area contributed by atoms with Gasteiger partial charge in [-0.05, 0) is 30.9 Å². The molecule has 0 aliphatic heterocycles. The van der Waals surface area contributed by atoms with Crippen molar-refractivity contribution in [1.29, 1.82) is 0 Å². The maximum atomic E-state index is 12.3. The lowest BCUT2D eigenvalue weighted by Gasteiger charge is -2.21. The maximum Gasteiger partial charge on any atom is 0.159 e. The van der Waals surface area contributed by atoms with E-state index in [4.69, 9.17) is 0 Å². The van der Waals surface area contributed by atoms with Gasteiger partial charge in [0.05, 0.1) is 0 Å². The van der Waals surface area contributed by atoms with Crippen molar-refractivity contribution in [2.45, 2.75) is 77.6 Å². The van der Waals surface area contributed by atoms with Crippen molar-refractivity contribution >= 4 is 5.78 Å². The van der Waals surface area contributed by atoms with Crippen molar-refractivity contribution in [3.05, 3.63) is 47.0 Å². The van der Waals surface area contributed by atoms with Gasteiger partial charge in [-0.25, -0.2) is 0 Å². The highest BCUT2D eigenvalue weighted by molar-refractivity contribution is 5.99. The van der Waals surface area contributed by atoms with Gasteiger partial charge < -0.3 is 0 Å². The van der Waals surface area contributed by atoms with Crippen LogP contribution in [0, 0.1) is 6.92 Å². The number of hydrogen-bond donors (Lipinski definition) is 0. The second-order valence-corrected chi connectivity index (χ2v) is 7.07. The molecule has 1 aromatic carbocycles. The van der Waals surface area contributed by atoms with E-state index in [0.29, 0.717) is 12.2 Å². The quantitative estimate of drug-likeness (QED) is 0.546. The maximum absolute atomic E-state index is 12.3. The van der Waals surface area contributed by atoms with E-state index in [9.17, 15) is 4.79 Å². The zero-order valence-electron chi connectivity index (χ0n) is 14.5. The average Bonchev–Trinajstić information content (AvgIpc) is 2.79. The van der Waals surface area contributed by atoms with Gasteiger partial charge in [-0.2, -0.15) is 0 Å². The first kappa shape index (κ1) is 17.0. The third-order valence-electron chi connectivity index (χ3n) is 4.89. The number of hydrogen-bond acceptors (Lipinski definition) is 1. The van der Waals surface area contributed by atoms with E-state index in [1.165, 1.54) is 43.2 Å². The Labute approximate surface area is 135 Å². The summed E-state index contributed by atoms with van der Waals surface area (Å²) in [5, 5.41) is 0. The van der Waals surface area contributed by atoms with Gasteiger partial charge in [-0.1, -0.05) is 81.9 Å². The van der Waals surface area contributed by atoms with Crippen LogP contribution >= 0.6 is 0 Å². The van der Waals surface area contributed by atoms with E-state index < -0.39 is 0 Å². The van der Waals surface area contributed by atoms with Crippen LogP contribution in [-0.2, 0) is 10.2 Å². The monoisotopic (exact) mass is 298 g/mol. The number of carbonyl (C=O) groups is 1. The lowest BCUT2D eigenvalue weighted by Crippen LogP contribution is -2.17. The van der Waals surface area contributed by atoms with Crippen molar-refractivity contribution in [3.8, 4) is 0 Å². The van der Waals surface area contributed by atoms with Crippen LogP contribution in [0.25, 0.3) is 0 Å². The van der Waals surface area contributed by atoms with E-state index in [1.807, 2.05) is 0 Å². The number of rotatable bonds is 8. The van der Waals surface area contributed by atoms with Crippen molar-refractivity contribution < 1.29 is 4.79 Å². The predicted molar refractivity (Wildman–Crippen MR) is 94.2 cm³/mol. The van der Waals surface area contributed by atoms with Crippen LogP contribution in [0.4, 0.5) is 0 Å². The molecule has 0 saturated carbocycles. The summed E-state index contributed by atoms with van der Waals surface area (Å²) in [4.78, 5) is 12.3. The molecule has 0 saturated heterocycles. The molecular weight excluding hydrogens is 268 g/mol. The fourth-order valence-corrected chi connectivity index (χ4v) is 3.39. The summed E-state index contributed by atoms with van der Waals surface area (Å²) in [5.41, 5.74) is 3.51. The number of benzene rings is 1. The van der Waals surface area contributed by atoms with Crippen LogP contribution < -0.4 is 0 Å². The van der Waals surface area contributed by atoms with E-state index >= 15 is 0 Å². The number of aryl methyl sites for hydroxylation is 1. The Kier molecular flexibility index (Phi) is 5.99. The number of ketones is 1. The first-order valence-electron chi connectivity index (χ1n) is 8.87. The van der Waals surface area contributed by atoms with Gasteiger partial charge in [0.15, 0.2) is 5.78 Å². The summed E-state index contributed by atoms with van der Waals surface area (Å²) in [5.74, 6) is 0.358. The molecule has 2 rings (SSSR count). The molecule has 120 valence electrons. The molecule has 0 bridgehead atoms. The number of unbranched alkanes of at least 4 members (excludes halogenated alkanes) is 5. The van der Waals surface area contributed by atoms with Crippen LogP contribution in [-0.4, -0.2) is 5.78 Å². The smallest absolute Gasteiger partial charge is 0.159 e. The lowest BCUT2D eigenvalue weighted by atomic mass is 9.82. The summed E-state index contributed by atoms with van der Waals surface area (Å²) < 4.78 is 0. The molecule has 0 fully saturated rings. The molecule has 1 heteroatoms. The van der Waals surface area contributed by atoms with Crippen LogP contribution in [0.1, 0.15) is 76.3 Å². The Balaban J connectivity index is 1.92. The highest BCUT2D eigenvalue weighted by Crippen LogP contribution is 2.38. The summed E-state index contributed by atoms with van der Waals surface area (Å²) in [6, 6.07) is 8.63. The molecule has 0 heterocycles. The molecule has 0 aromatic heterocycles. The Morgan fingerprint density at radius 2 is 1.64 bits per heavy atom. The van der Waals surface area contributed by atoms with Gasteiger partial charge in [0.25, 0.3) is 0 Å². The Morgan fingerprint density at radius 1 is 1.00 bits per heavy atom. The van der Waals surface area contributed by atoms with Gasteiger partial charge in [0.1, 0.15) is 0 Å². The normalized spacial score (nSPS) is 21.2. The summed E-state index contributed by atoms with van der Waals surface area (Å²) in [6.45, 7) is 6.55. The molecule has 1 atom stereocenters. The van der Waals surface area contributed by atoms with Crippen molar-refractivity contribution in [2.24, 2.45) is 0 Å². The van der Waals surface area contributed by atoms with Gasteiger partial charge in [0.2, 0.25) is 0 Å². The topological polar surface area (TPSA) is 17.1 Å². The molecule has 1 aliphatic rings. The van der Waals surface area contributed by atoms with Gasteiger partial charge in [-0.3, -0.25) is 4.79 Å². The van der Waals surface area contributed by atoms with E-state index in [0.717, 1.165) is 18.4 Å². The van der Waals surface area contributed by atoms with Gasteiger partial charge in [-0.15, -0.1) is 0 Å². The fourth-order valence-electron chi connectivity index (χ4n) is 3.39. The molecule has 22 heavy (non-hydrogen) atoms. The molecule has 0 radical (unpaired) electrons. The summed E-state index contributed by atoms with van der Waals surface area (Å²) >= 11 is 0. The van der Waals surface area contributed by atoms with Crippen molar-refractivity contribution in [2.75, 3.05) is 0 Å². The Hall–Kier alpha value is -1.37. The van der Waals surface area contributed by atoms with Crippen LogP contribution in [0.5, 0.6) is 0 Å². The first-order chi connectivity index (χ1) is 10.5. The molecule has 1 aliphatic carbocycles. The number of Topliss-reactive ketones (excluding diaryl/α,β-unsaturated/α-hetero) is 1. The zero-order valence-corrected chi connectivity index (χ0v) is 14.5. The standard InChI is InChI=1S/C21H30O/c1-4-5-6-7-8-9-10-18-15-21(3,16-20(18)22)19-13-11-17(2)12-14-19/h11-15H,4-10,16H2,1-3H3. The summed E-state index contributed by atoms with van der Waals surface area (Å²) in [7, 11) is 0. The minimum absolute atomic E-state index is 0.0949. The second-order valence-electron chi connectivity index (χ2n) is 7.07. The van der Waals surface area contributed by atoms with Crippen molar-refractivity contribution in [3.63, 3.8) is 0 Å². The molecule has 0 amide bonds. The third kappa shape index (κ3) is 4.32. The zero-order chi connectivity index (χ0) is 16.0. The van der Waals surface area contributed by atoms with E-state index in [1.54, 1.807) is 0 Å². The SMILES string of the molecule is CCCCCCCCC1=CC(C)(c2ccc(C)cc2)CC1=O. The predicted octanol–water partition coefficient (Wildman–Crippen LogP) is 5.90. The van der Waals surface area contributed by atoms with Crippen LogP contribution in [0.2, 0.25) is 0 Å². The minimum Gasteiger partial charge on any atom is -0.295 e. The molecule has 1 aromatic rings. The molecular formula is C21H30O. The highest BCUT2D eigenvalue weighted by atomic mass is 16.1. The second kappa shape index (κ2) is 7.76. The molecule has 1 unspecified atom stereocenters. The number of allylic oxidation sites excluding steroid dienone is 2. The Bertz CT molecular complexity index is 523. The largest absolute Gasteiger partial charge is 0.295 e. The van der Waals surface area contributed by atoms with Crippen LogP contribution in [0.3, 0.4) is 0 Å². The molecule has 0 spiro atoms. The lowest BCUT2D eigenvalue weighted by molar-refractivity contribution is -0.115. The van der Waals surface area contributed by atoms with E-state index in [-0.39, 0.29) is 5.41 Å². The Morgan fingerprint density at radius 3 is 2.32 bits per heavy atom. The summed E-state index contributed by atoms with van der Waals surface area (Å²) in [6.07, 6.45) is 11.5. The molecule has 1 nitrogen and oxygen atoms in total. The third-order valence-corrected chi connectivity index (χ3v) is 4.89. The van der Waals surface area contributed by atoms with E-state index in [2.05, 4.69) is 51.1 Å². The number of carbonyl (C=O) groups excluding carboxylic acids is 1. The minimum atomic E-state index is -0.0949. The molecule has 0 N–H and O–H groups in total. The van der Waals surface area contributed by atoms with Gasteiger partial charge in [0, 0.05) is 11.8 Å². The van der Waals surface area contributed by atoms with Crippen LogP contribution in [0.15, 0.2) is 35.9 Å². The van der Waals surface area contributed by atoms with Crippen molar-refractivity contribution in [1.82, 2.24) is 0 Å². The first-order valence-corrected chi connectivity index (χ1v) is 8.87.